The number of amides is 1. The van der Waals surface area contributed by atoms with Crippen molar-refractivity contribution in [3.05, 3.63) is 70.7 Å². The molecule has 0 aliphatic heterocycles. The molecular weight excluding hydrogens is 398 g/mol. The number of furan rings is 1. The number of hydrogen-bond donors (Lipinski definition) is 1. The number of pyridine rings is 1. The van der Waals surface area contributed by atoms with Gasteiger partial charge in [0.15, 0.2) is 22.1 Å². The Labute approximate surface area is 156 Å². The molecule has 1 N–H and O–H groups in total. The minimum atomic E-state index is -0.491. The summed E-state index contributed by atoms with van der Waals surface area (Å²) in [6.07, 6.45) is 1.38. The Balaban J connectivity index is 1.76. The molecule has 0 aliphatic carbocycles. The number of rotatable bonds is 3. The summed E-state index contributed by atoms with van der Waals surface area (Å²) in [4.78, 5) is 16.9. The lowest BCUT2D eigenvalue weighted by molar-refractivity contribution is 0.0994. The van der Waals surface area contributed by atoms with E-state index in [0.717, 1.165) is 10.9 Å². The Bertz CT molecular complexity index is 1170. The van der Waals surface area contributed by atoms with Crippen LogP contribution in [0.15, 0.2) is 63.8 Å². The molecule has 0 bridgehead atoms. The number of carbonyl (C=O) groups excluding carboxylic acids is 1. The van der Waals surface area contributed by atoms with Crippen molar-refractivity contribution in [1.29, 1.82) is 5.26 Å². The normalized spacial score (nSPS) is 10.6. The van der Waals surface area contributed by atoms with Crippen molar-refractivity contribution in [3.63, 3.8) is 0 Å². The molecule has 8 heteroatoms. The summed E-state index contributed by atoms with van der Waals surface area (Å²) in [5, 5.41) is 17.2. The van der Waals surface area contributed by atoms with E-state index < -0.39 is 5.91 Å². The van der Waals surface area contributed by atoms with Gasteiger partial charge in [0.2, 0.25) is 0 Å². The molecule has 0 spiro atoms. The number of hydrogen-bond acceptors (Lipinski definition) is 5. The summed E-state index contributed by atoms with van der Waals surface area (Å²) in [5.74, 6) is 0.337. The Morgan fingerprint density at radius 3 is 2.81 bits per heavy atom. The van der Waals surface area contributed by atoms with Gasteiger partial charge in [-0.1, -0.05) is 18.2 Å². The van der Waals surface area contributed by atoms with Crippen LogP contribution < -0.4 is 5.32 Å². The fraction of sp³-hybridized carbons (Fsp3) is 0. The number of benzene rings is 1. The van der Waals surface area contributed by atoms with Gasteiger partial charge in [0, 0.05) is 5.39 Å². The number of fused-ring (bicyclic) bond motifs is 1. The second-order valence-corrected chi connectivity index (χ2v) is 6.13. The van der Waals surface area contributed by atoms with Crippen molar-refractivity contribution in [2.45, 2.75) is 0 Å². The van der Waals surface area contributed by atoms with Crippen LogP contribution in [0, 0.1) is 11.3 Å². The van der Waals surface area contributed by atoms with Gasteiger partial charge in [-0.2, -0.15) is 15.0 Å². The van der Waals surface area contributed by atoms with Gasteiger partial charge in [0.25, 0.3) is 5.91 Å². The zero-order chi connectivity index (χ0) is 18.1. The molecular formula is C18H10BrN5O2. The highest BCUT2D eigenvalue weighted by Crippen LogP contribution is 2.22. The fourth-order valence-corrected chi connectivity index (χ4v) is 2.81. The molecule has 26 heavy (non-hydrogen) atoms. The summed E-state index contributed by atoms with van der Waals surface area (Å²) in [6, 6.07) is 16.5. The van der Waals surface area contributed by atoms with E-state index in [2.05, 4.69) is 31.3 Å². The molecule has 0 fully saturated rings. The lowest BCUT2D eigenvalue weighted by Crippen LogP contribution is -2.15. The molecule has 0 aliphatic rings. The molecule has 0 radical (unpaired) electrons. The Hall–Kier alpha value is -3.44. The van der Waals surface area contributed by atoms with Gasteiger partial charge in [-0.3, -0.25) is 4.79 Å². The van der Waals surface area contributed by atoms with Gasteiger partial charge in [0.05, 0.1) is 11.7 Å². The first-order chi connectivity index (χ1) is 12.7. The Kier molecular flexibility index (Phi) is 3.99. The van der Waals surface area contributed by atoms with Crippen LogP contribution in [-0.2, 0) is 0 Å². The van der Waals surface area contributed by atoms with Crippen LogP contribution in [0.1, 0.15) is 16.1 Å². The average Bonchev–Trinajstić information content (AvgIpc) is 3.27. The van der Waals surface area contributed by atoms with Crippen molar-refractivity contribution in [3.8, 4) is 11.9 Å². The maximum Gasteiger partial charge on any atom is 0.292 e. The monoisotopic (exact) mass is 407 g/mol. The SMILES string of the molecule is N#Cc1cnn(-c2ccc3ccccc3n2)c1NC(=O)c1ccc(Br)o1. The topological polar surface area (TPSA) is 96.7 Å². The first-order valence-electron chi connectivity index (χ1n) is 7.56. The third-order valence-electron chi connectivity index (χ3n) is 3.72. The molecule has 0 saturated heterocycles. The molecule has 1 aromatic carbocycles. The van der Waals surface area contributed by atoms with Gasteiger partial charge >= 0.3 is 0 Å². The van der Waals surface area contributed by atoms with Crippen LogP contribution in [0.3, 0.4) is 0 Å². The smallest absolute Gasteiger partial charge is 0.292 e. The second kappa shape index (κ2) is 6.46. The summed E-state index contributed by atoms with van der Waals surface area (Å²) in [6.45, 7) is 0. The minimum Gasteiger partial charge on any atom is -0.444 e. The van der Waals surface area contributed by atoms with Crippen molar-refractivity contribution < 1.29 is 9.21 Å². The number of anilines is 1. The van der Waals surface area contributed by atoms with Gasteiger partial charge in [-0.15, -0.1) is 0 Å². The van der Waals surface area contributed by atoms with E-state index in [-0.39, 0.29) is 17.1 Å². The molecule has 0 unspecified atom stereocenters. The van der Waals surface area contributed by atoms with Gasteiger partial charge in [-0.25, -0.2) is 4.98 Å². The number of nitrogens with zero attached hydrogens (tertiary/aromatic N) is 4. The molecule has 4 aromatic rings. The third kappa shape index (κ3) is 2.85. The highest BCUT2D eigenvalue weighted by molar-refractivity contribution is 9.10. The molecule has 0 atom stereocenters. The first-order valence-corrected chi connectivity index (χ1v) is 8.36. The molecule has 7 nitrogen and oxygen atoms in total. The number of carbonyl (C=O) groups is 1. The van der Waals surface area contributed by atoms with Crippen molar-refractivity contribution in [1.82, 2.24) is 14.8 Å². The van der Waals surface area contributed by atoms with Crippen molar-refractivity contribution in [2.24, 2.45) is 0 Å². The Morgan fingerprint density at radius 1 is 1.19 bits per heavy atom. The van der Waals surface area contributed by atoms with Gasteiger partial charge in [0.1, 0.15) is 11.6 Å². The number of para-hydroxylation sites is 1. The molecule has 1 amide bonds. The van der Waals surface area contributed by atoms with Crippen LogP contribution in [0.4, 0.5) is 5.82 Å². The van der Waals surface area contributed by atoms with Crippen LogP contribution in [-0.4, -0.2) is 20.7 Å². The van der Waals surface area contributed by atoms with Gasteiger partial charge < -0.3 is 9.73 Å². The van der Waals surface area contributed by atoms with E-state index in [9.17, 15) is 10.1 Å². The maximum absolute atomic E-state index is 12.4. The highest BCUT2D eigenvalue weighted by atomic mass is 79.9. The number of nitriles is 1. The second-order valence-electron chi connectivity index (χ2n) is 5.35. The number of nitrogens with one attached hydrogen (secondary N) is 1. The van der Waals surface area contributed by atoms with Gasteiger partial charge in [-0.05, 0) is 46.3 Å². The van der Waals surface area contributed by atoms with Crippen LogP contribution in [0.2, 0.25) is 0 Å². The van der Waals surface area contributed by atoms with E-state index in [1.165, 1.54) is 16.9 Å². The van der Waals surface area contributed by atoms with E-state index in [0.29, 0.717) is 10.5 Å². The van der Waals surface area contributed by atoms with Crippen LogP contribution in [0.25, 0.3) is 16.7 Å². The van der Waals surface area contributed by atoms with E-state index >= 15 is 0 Å². The van der Waals surface area contributed by atoms with Crippen LogP contribution >= 0.6 is 15.9 Å². The predicted octanol–water partition coefficient (Wildman–Crippen LogP) is 3.90. The van der Waals surface area contributed by atoms with E-state index in [4.69, 9.17) is 4.42 Å². The third-order valence-corrected chi connectivity index (χ3v) is 4.15. The quantitative estimate of drug-likeness (QED) is 0.555. The lowest BCUT2D eigenvalue weighted by Gasteiger charge is -2.09. The van der Waals surface area contributed by atoms with Crippen molar-refractivity contribution >= 4 is 38.6 Å². The molecule has 3 aromatic heterocycles. The maximum atomic E-state index is 12.4. The number of aromatic nitrogens is 3. The van der Waals surface area contributed by atoms with Crippen LogP contribution in [0.5, 0.6) is 0 Å². The summed E-state index contributed by atoms with van der Waals surface area (Å²) in [7, 11) is 0. The summed E-state index contributed by atoms with van der Waals surface area (Å²) >= 11 is 3.15. The van der Waals surface area contributed by atoms with Crippen molar-refractivity contribution in [2.75, 3.05) is 5.32 Å². The van der Waals surface area contributed by atoms with E-state index in [1.807, 2.05) is 36.4 Å². The predicted molar refractivity (Wildman–Crippen MR) is 97.9 cm³/mol. The average molecular weight is 408 g/mol. The zero-order valence-corrected chi connectivity index (χ0v) is 14.8. The molecule has 0 saturated carbocycles. The molecule has 4 rings (SSSR count). The molecule has 3 heterocycles. The standard InChI is InChI=1S/C18H10BrN5O2/c19-15-7-6-14(26-15)18(25)23-17-12(9-20)10-21-24(17)16-8-5-11-3-1-2-4-13(11)22-16/h1-8,10H,(H,23,25). The summed E-state index contributed by atoms with van der Waals surface area (Å²) in [5.41, 5.74) is 1.00. The highest BCUT2D eigenvalue weighted by Gasteiger charge is 2.19. The Morgan fingerprint density at radius 2 is 2.04 bits per heavy atom. The number of halogens is 1. The molecule has 126 valence electrons. The fourth-order valence-electron chi connectivity index (χ4n) is 2.50. The first kappa shape index (κ1) is 16.1. The largest absolute Gasteiger partial charge is 0.444 e. The van der Waals surface area contributed by atoms with E-state index in [1.54, 1.807) is 12.1 Å². The lowest BCUT2D eigenvalue weighted by atomic mass is 10.2. The summed E-state index contributed by atoms with van der Waals surface area (Å²) < 4.78 is 7.10. The zero-order valence-electron chi connectivity index (χ0n) is 13.2. The minimum absolute atomic E-state index is 0.111.